The van der Waals surface area contributed by atoms with Crippen molar-refractivity contribution in [3.05, 3.63) is 0 Å². The van der Waals surface area contributed by atoms with Crippen molar-refractivity contribution < 1.29 is 9.53 Å². The zero-order chi connectivity index (χ0) is 11.9. The fraction of sp³-hybridized carbons (Fsp3) is 0.917. The molecule has 0 spiro atoms. The molecule has 2 unspecified atom stereocenters. The van der Waals surface area contributed by atoms with Crippen LogP contribution in [0.15, 0.2) is 0 Å². The molecule has 0 fully saturated rings. The van der Waals surface area contributed by atoms with Crippen molar-refractivity contribution in [2.24, 2.45) is 17.1 Å². The maximum Gasteiger partial charge on any atom is 0.313 e. The molecule has 0 aromatic rings. The van der Waals surface area contributed by atoms with E-state index in [9.17, 15) is 4.79 Å². The molecule has 0 aliphatic heterocycles. The molecule has 3 heteroatoms. The van der Waals surface area contributed by atoms with E-state index in [4.69, 9.17) is 10.5 Å². The minimum Gasteiger partial charge on any atom is -0.466 e. The zero-order valence-corrected chi connectivity index (χ0v) is 10.5. The molecule has 0 heterocycles. The Hall–Kier alpha value is -0.570. The molecule has 15 heavy (non-hydrogen) atoms. The first-order valence-electron chi connectivity index (χ1n) is 5.96. The second-order valence-corrected chi connectivity index (χ2v) is 4.14. The maximum atomic E-state index is 12.0. The lowest BCUT2D eigenvalue weighted by atomic mass is 9.72. The molecular formula is C12H25NO2. The van der Waals surface area contributed by atoms with Crippen LogP contribution in [0.25, 0.3) is 0 Å². The molecule has 0 bridgehead atoms. The lowest BCUT2D eigenvalue weighted by Gasteiger charge is -2.35. The monoisotopic (exact) mass is 215 g/mol. The number of hydrogen-bond acceptors (Lipinski definition) is 3. The van der Waals surface area contributed by atoms with E-state index in [0.29, 0.717) is 13.2 Å². The minimum atomic E-state index is -0.473. The van der Waals surface area contributed by atoms with Crippen LogP contribution in [0.4, 0.5) is 0 Å². The molecule has 0 radical (unpaired) electrons. The molecule has 0 saturated heterocycles. The summed E-state index contributed by atoms with van der Waals surface area (Å²) in [4.78, 5) is 12.0. The number of ether oxygens (including phenoxy) is 1. The highest BCUT2D eigenvalue weighted by Crippen LogP contribution is 2.35. The number of carbonyl (C=O) groups excluding carboxylic acids is 1. The highest BCUT2D eigenvalue weighted by Gasteiger charge is 2.41. The van der Waals surface area contributed by atoms with Gasteiger partial charge in [-0.05, 0) is 19.3 Å². The highest BCUT2D eigenvalue weighted by atomic mass is 16.5. The molecule has 90 valence electrons. The van der Waals surface area contributed by atoms with Crippen LogP contribution in [0.2, 0.25) is 0 Å². The van der Waals surface area contributed by atoms with Crippen molar-refractivity contribution in [2.75, 3.05) is 13.2 Å². The van der Waals surface area contributed by atoms with Gasteiger partial charge >= 0.3 is 5.97 Å². The van der Waals surface area contributed by atoms with Crippen molar-refractivity contribution in [2.45, 2.75) is 47.0 Å². The van der Waals surface area contributed by atoms with Crippen LogP contribution in [0.5, 0.6) is 0 Å². The van der Waals surface area contributed by atoms with Crippen molar-refractivity contribution in [3.8, 4) is 0 Å². The molecule has 2 N–H and O–H groups in total. The van der Waals surface area contributed by atoms with E-state index in [1.807, 2.05) is 6.92 Å². The van der Waals surface area contributed by atoms with Gasteiger partial charge in [-0.3, -0.25) is 4.79 Å². The lowest BCUT2D eigenvalue weighted by Crippen LogP contribution is -2.45. The topological polar surface area (TPSA) is 52.3 Å². The molecule has 0 aliphatic rings. The number of esters is 1. The fourth-order valence-electron chi connectivity index (χ4n) is 2.05. The summed E-state index contributed by atoms with van der Waals surface area (Å²) in [6, 6.07) is 0. The van der Waals surface area contributed by atoms with Crippen LogP contribution < -0.4 is 5.73 Å². The third kappa shape index (κ3) is 3.20. The Bertz CT molecular complexity index is 194. The van der Waals surface area contributed by atoms with Gasteiger partial charge in [0.25, 0.3) is 0 Å². The second kappa shape index (κ2) is 6.83. The summed E-state index contributed by atoms with van der Waals surface area (Å²) >= 11 is 0. The van der Waals surface area contributed by atoms with Gasteiger partial charge in [0.1, 0.15) is 0 Å². The summed E-state index contributed by atoms with van der Waals surface area (Å²) in [5.74, 6) is 0.158. The third-order valence-corrected chi connectivity index (χ3v) is 3.30. The predicted octanol–water partition coefficient (Wildman–Crippen LogP) is 2.34. The number of hydrogen-bond donors (Lipinski definition) is 1. The third-order valence-electron chi connectivity index (χ3n) is 3.30. The number of rotatable bonds is 7. The Kier molecular flexibility index (Phi) is 6.57. The van der Waals surface area contributed by atoms with Crippen molar-refractivity contribution in [1.82, 2.24) is 0 Å². The van der Waals surface area contributed by atoms with Crippen LogP contribution in [0, 0.1) is 11.3 Å². The van der Waals surface area contributed by atoms with E-state index in [0.717, 1.165) is 19.3 Å². The van der Waals surface area contributed by atoms with Gasteiger partial charge in [-0.2, -0.15) is 0 Å². The van der Waals surface area contributed by atoms with E-state index in [2.05, 4.69) is 20.8 Å². The van der Waals surface area contributed by atoms with Crippen LogP contribution in [-0.2, 0) is 9.53 Å². The first kappa shape index (κ1) is 14.4. The molecule has 0 amide bonds. The van der Waals surface area contributed by atoms with Crippen molar-refractivity contribution in [1.29, 1.82) is 0 Å². The Morgan fingerprint density at radius 1 is 1.40 bits per heavy atom. The molecule has 0 aromatic heterocycles. The molecular weight excluding hydrogens is 190 g/mol. The zero-order valence-electron chi connectivity index (χ0n) is 10.5. The van der Waals surface area contributed by atoms with Crippen molar-refractivity contribution >= 4 is 5.97 Å². The highest BCUT2D eigenvalue weighted by molar-refractivity contribution is 5.77. The summed E-state index contributed by atoms with van der Waals surface area (Å²) in [5.41, 5.74) is 5.33. The smallest absolute Gasteiger partial charge is 0.313 e. The summed E-state index contributed by atoms with van der Waals surface area (Å²) in [6.45, 7) is 8.90. The summed E-state index contributed by atoms with van der Waals surface area (Å²) in [5, 5.41) is 0. The normalized spacial score (nSPS) is 16.9. The summed E-state index contributed by atoms with van der Waals surface area (Å²) in [6.07, 6.45) is 2.73. The average Bonchev–Trinajstić information content (AvgIpc) is 2.25. The van der Waals surface area contributed by atoms with Crippen molar-refractivity contribution in [3.63, 3.8) is 0 Å². The van der Waals surface area contributed by atoms with Crippen LogP contribution in [0.3, 0.4) is 0 Å². The molecule has 0 aliphatic carbocycles. The molecule has 3 nitrogen and oxygen atoms in total. The van der Waals surface area contributed by atoms with Gasteiger partial charge < -0.3 is 10.5 Å². The molecule has 0 saturated carbocycles. The van der Waals surface area contributed by atoms with Gasteiger partial charge in [0.15, 0.2) is 0 Å². The van der Waals surface area contributed by atoms with Crippen LogP contribution >= 0.6 is 0 Å². The Morgan fingerprint density at radius 2 is 2.00 bits per heavy atom. The van der Waals surface area contributed by atoms with E-state index in [-0.39, 0.29) is 11.9 Å². The second-order valence-electron chi connectivity index (χ2n) is 4.14. The van der Waals surface area contributed by atoms with E-state index < -0.39 is 5.41 Å². The number of nitrogens with two attached hydrogens (primary N) is 1. The molecule has 0 aromatic carbocycles. The Labute approximate surface area is 93.4 Å². The lowest BCUT2D eigenvalue weighted by molar-refractivity contribution is -0.159. The quantitative estimate of drug-likeness (QED) is 0.663. The summed E-state index contributed by atoms with van der Waals surface area (Å²) in [7, 11) is 0. The maximum absolute atomic E-state index is 12.0. The SMILES string of the molecule is CCCC(CN)(C(=O)OCC)C(C)CC. The Morgan fingerprint density at radius 3 is 2.33 bits per heavy atom. The molecule has 0 rings (SSSR count). The predicted molar refractivity (Wildman–Crippen MR) is 62.5 cm³/mol. The van der Waals surface area contributed by atoms with E-state index in [1.165, 1.54) is 0 Å². The largest absolute Gasteiger partial charge is 0.466 e. The first-order valence-corrected chi connectivity index (χ1v) is 5.96. The van der Waals surface area contributed by atoms with E-state index >= 15 is 0 Å². The fourth-order valence-corrected chi connectivity index (χ4v) is 2.05. The van der Waals surface area contributed by atoms with Gasteiger partial charge in [-0.1, -0.05) is 33.6 Å². The van der Waals surface area contributed by atoms with Gasteiger partial charge in [-0.25, -0.2) is 0 Å². The van der Waals surface area contributed by atoms with Gasteiger partial charge in [-0.15, -0.1) is 0 Å². The van der Waals surface area contributed by atoms with E-state index in [1.54, 1.807) is 0 Å². The van der Waals surface area contributed by atoms with Crippen LogP contribution in [0.1, 0.15) is 47.0 Å². The van der Waals surface area contributed by atoms with Gasteiger partial charge in [0, 0.05) is 6.54 Å². The summed E-state index contributed by atoms with van der Waals surface area (Å²) < 4.78 is 5.15. The standard InChI is InChI=1S/C12H25NO2/c1-5-8-12(9-13,10(4)6-2)11(14)15-7-3/h10H,5-9,13H2,1-4H3. The molecule has 2 atom stereocenters. The van der Waals surface area contributed by atoms with Gasteiger partial charge in [0.2, 0.25) is 0 Å². The number of carbonyl (C=O) groups is 1. The minimum absolute atomic E-state index is 0.122. The Balaban J connectivity index is 4.86. The first-order chi connectivity index (χ1) is 7.08. The van der Waals surface area contributed by atoms with Gasteiger partial charge in [0.05, 0.1) is 12.0 Å². The van der Waals surface area contributed by atoms with Crippen LogP contribution in [-0.4, -0.2) is 19.1 Å². The average molecular weight is 215 g/mol.